The van der Waals surface area contributed by atoms with Crippen molar-refractivity contribution >= 4 is 23.4 Å². The van der Waals surface area contributed by atoms with E-state index < -0.39 is 11.8 Å². The van der Waals surface area contributed by atoms with Crippen molar-refractivity contribution in [1.29, 1.82) is 0 Å². The van der Waals surface area contributed by atoms with Crippen LogP contribution in [-0.4, -0.2) is 88.2 Å². The second-order valence-electron chi connectivity index (χ2n) is 15.9. The second-order valence-corrected chi connectivity index (χ2v) is 15.9. The number of anilines is 1. The Balaban J connectivity index is 1.14. The van der Waals surface area contributed by atoms with E-state index in [1.165, 1.54) is 0 Å². The van der Waals surface area contributed by atoms with Gasteiger partial charge in [-0.1, -0.05) is 45.2 Å². The molecule has 54 heavy (non-hydrogen) atoms. The minimum atomic E-state index is -2.70. The van der Waals surface area contributed by atoms with Crippen LogP contribution in [0.25, 0.3) is 0 Å². The normalized spacial score (nSPS) is 21.9. The molecule has 3 aliphatic rings. The number of amides is 3. The molecule has 3 fully saturated rings. The van der Waals surface area contributed by atoms with Gasteiger partial charge in [-0.25, -0.2) is 8.78 Å². The van der Waals surface area contributed by atoms with Gasteiger partial charge in [0.1, 0.15) is 24.9 Å². The number of nitrogens with two attached hydrogens (primary N) is 1. The van der Waals surface area contributed by atoms with Crippen LogP contribution in [0, 0.1) is 12.8 Å². The van der Waals surface area contributed by atoms with Gasteiger partial charge in [0.15, 0.2) is 0 Å². The van der Waals surface area contributed by atoms with Crippen molar-refractivity contribution in [3.8, 4) is 0 Å². The molecule has 5 rings (SSSR count). The molecule has 1 aromatic carbocycles. The number of rotatable bonds is 20. The molecule has 0 spiro atoms. The molecule has 300 valence electrons. The third kappa shape index (κ3) is 11.8. The maximum atomic E-state index is 13.9. The van der Waals surface area contributed by atoms with E-state index in [9.17, 15) is 23.2 Å². The van der Waals surface area contributed by atoms with Crippen LogP contribution in [0.3, 0.4) is 0 Å². The molecule has 5 N–H and O–H groups in total. The lowest BCUT2D eigenvalue weighted by molar-refractivity contribution is -0.130. The maximum absolute atomic E-state index is 13.9. The Kier molecular flexibility index (Phi) is 15.4. The predicted molar refractivity (Wildman–Crippen MR) is 204 cm³/mol. The SMILES string of the molecule is Cc1nnc(C(C)C)n1C1CC2CCC(C1)N2CCC(NC(=O)C1CCC(F)(F)CC1)c1ccc(NC(=O)COCC(=O)NCCCCCCCN)cc1. The molecule has 2 aliphatic heterocycles. The number of halogens is 2. The van der Waals surface area contributed by atoms with E-state index in [0.717, 1.165) is 81.5 Å². The van der Waals surface area contributed by atoms with Crippen molar-refractivity contribution in [1.82, 2.24) is 30.3 Å². The van der Waals surface area contributed by atoms with Gasteiger partial charge in [-0.05, 0) is 89.0 Å². The highest BCUT2D eigenvalue weighted by Crippen LogP contribution is 2.43. The summed E-state index contributed by atoms with van der Waals surface area (Å²) >= 11 is 0. The number of hydrogen-bond acceptors (Lipinski definition) is 8. The van der Waals surface area contributed by atoms with Crippen molar-refractivity contribution in [3.63, 3.8) is 0 Å². The summed E-state index contributed by atoms with van der Waals surface area (Å²) in [5.74, 6) is -1.65. The fraction of sp³-hybridized carbons (Fsp3) is 0.725. The highest BCUT2D eigenvalue weighted by atomic mass is 19.3. The van der Waals surface area contributed by atoms with Crippen LogP contribution in [0.4, 0.5) is 14.5 Å². The average molecular weight is 757 g/mol. The first-order valence-electron chi connectivity index (χ1n) is 20.2. The minimum absolute atomic E-state index is 0.175. The van der Waals surface area contributed by atoms with Crippen molar-refractivity contribution in [3.05, 3.63) is 41.5 Å². The van der Waals surface area contributed by atoms with E-state index in [1.54, 1.807) is 12.1 Å². The lowest BCUT2D eigenvalue weighted by atomic mass is 9.86. The van der Waals surface area contributed by atoms with Crippen LogP contribution in [0.5, 0.6) is 0 Å². The molecule has 2 aromatic rings. The number of unbranched alkanes of at least 4 members (excludes halogenated alkanes) is 4. The number of piperidine rings is 1. The summed E-state index contributed by atoms with van der Waals surface area (Å²) in [6.07, 6.45) is 9.94. The molecule has 1 saturated carbocycles. The first-order valence-corrected chi connectivity index (χ1v) is 20.2. The van der Waals surface area contributed by atoms with Crippen molar-refractivity contribution in [2.24, 2.45) is 11.7 Å². The van der Waals surface area contributed by atoms with Gasteiger partial charge < -0.3 is 31.0 Å². The average Bonchev–Trinajstić information content (AvgIpc) is 3.64. The molecule has 12 nitrogen and oxygen atoms in total. The van der Waals surface area contributed by atoms with Gasteiger partial charge in [0.25, 0.3) is 0 Å². The number of nitrogens with one attached hydrogen (secondary N) is 3. The molecule has 2 bridgehead atoms. The number of carbonyl (C=O) groups excluding carboxylic acids is 3. The number of ether oxygens (including phenoxy) is 1. The number of aromatic nitrogens is 3. The fourth-order valence-corrected chi connectivity index (χ4v) is 8.56. The summed E-state index contributed by atoms with van der Waals surface area (Å²) in [5.41, 5.74) is 6.96. The Morgan fingerprint density at radius 2 is 1.56 bits per heavy atom. The quantitative estimate of drug-likeness (QED) is 0.121. The molecular weight excluding hydrogens is 694 g/mol. The Labute approximate surface area is 319 Å². The number of fused-ring (bicyclic) bond motifs is 2. The van der Waals surface area contributed by atoms with Gasteiger partial charge in [0.2, 0.25) is 23.6 Å². The van der Waals surface area contributed by atoms with Gasteiger partial charge in [0.05, 0.1) is 6.04 Å². The van der Waals surface area contributed by atoms with Gasteiger partial charge in [0, 0.05) is 61.6 Å². The lowest BCUT2D eigenvalue weighted by Crippen LogP contribution is -2.45. The van der Waals surface area contributed by atoms with Crippen molar-refractivity contribution in [2.45, 2.75) is 147 Å². The van der Waals surface area contributed by atoms with E-state index in [0.29, 0.717) is 49.2 Å². The van der Waals surface area contributed by atoms with Crippen molar-refractivity contribution in [2.75, 3.05) is 38.2 Å². The summed E-state index contributed by atoms with van der Waals surface area (Å²) in [7, 11) is 0. The maximum Gasteiger partial charge on any atom is 0.250 e. The highest BCUT2D eigenvalue weighted by Gasteiger charge is 2.43. The molecule has 14 heteroatoms. The number of benzene rings is 1. The summed E-state index contributed by atoms with van der Waals surface area (Å²) in [5, 5.41) is 17.7. The van der Waals surface area contributed by atoms with Crippen LogP contribution in [-0.2, 0) is 19.1 Å². The standard InChI is InChI=1S/C40H62F2N8O4/c1-27(2)38-48-47-28(3)50(38)34-23-32-13-14-33(24-34)49(32)22-17-35(46-39(53)30-15-18-40(41,42)19-16-30)29-9-11-31(12-10-29)45-37(52)26-54-25-36(51)44-21-8-6-4-5-7-20-43/h9-12,27,30,32-35H,4-8,13-26,43H2,1-3H3,(H,44,51)(H,45,52)(H,46,53). The number of aryl methyl sites for hydroxylation is 1. The van der Waals surface area contributed by atoms with Gasteiger partial charge >= 0.3 is 0 Å². The molecule has 3 amide bonds. The molecule has 3 unspecified atom stereocenters. The smallest absolute Gasteiger partial charge is 0.250 e. The Morgan fingerprint density at radius 3 is 2.22 bits per heavy atom. The first kappa shape index (κ1) is 41.7. The molecule has 3 atom stereocenters. The van der Waals surface area contributed by atoms with Crippen molar-refractivity contribution < 1.29 is 27.9 Å². The Morgan fingerprint density at radius 1 is 0.907 bits per heavy atom. The number of carbonyl (C=O) groups is 3. The number of nitrogens with zero attached hydrogens (tertiary/aromatic N) is 4. The van der Waals surface area contributed by atoms with E-state index in [-0.39, 0.29) is 62.7 Å². The molecule has 1 aromatic heterocycles. The van der Waals surface area contributed by atoms with E-state index >= 15 is 0 Å². The summed E-state index contributed by atoms with van der Waals surface area (Å²) in [4.78, 5) is 40.7. The molecular formula is C40H62F2N8O4. The minimum Gasteiger partial charge on any atom is -0.362 e. The van der Waals surface area contributed by atoms with Crippen LogP contribution in [0.15, 0.2) is 24.3 Å². The van der Waals surface area contributed by atoms with Gasteiger partial charge in [-0.2, -0.15) is 0 Å². The number of hydrogen-bond donors (Lipinski definition) is 4. The second kappa shape index (κ2) is 19.9. The summed E-state index contributed by atoms with van der Waals surface area (Å²) < 4.78 is 35.5. The summed E-state index contributed by atoms with van der Waals surface area (Å²) in [6.45, 7) is 7.97. The third-order valence-electron chi connectivity index (χ3n) is 11.5. The monoisotopic (exact) mass is 756 g/mol. The highest BCUT2D eigenvalue weighted by molar-refractivity contribution is 5.92. The van der Waals surface area contributed by atoms with Crippen LogP contribution in [0.2, 0.25) is 0 Å². The zero-order chi connectivity index (χ0) is 38.7. The van der Waals surface area contributed by atoms with Crippen LogP contribution < -0.4 is 21.7 Å². The van der Waals surface area contributed by atoms with E-state index in [1.807, 2.05) is 19.1 Å². The molecule has 2 saturated heterocycles. The predicted octanol–water partition coefficient (Wildman–Crippen LogP) is 5.93. The zero-order valence-electron chi connectivity index (χ0n) is 32.5. The largest absolute Gasteiger partial charge is 0.362 e. The van der Waals surface area contributed by atoms with Crippen LogP contribution >= 0.6 is 0 Å². The van der Waals surface area contributed by atoms with Gasteiger partial charge in [-0.15, -0.1) is 10.2 Å². The molecule has 0 radical (unpaired) electrons. The van der Waals surface area contributed by atoms with E-state index in [2.05, 4.69) is 49.5 Å². The fourth-order valence-electron chi connectivity index (χ4n) is 8.56. The Bertz CT molecular complexity index is 1500. The zero-order valence-corrected chi connectivity index (χ0v) is 32.5. The Hall–Kier alpha value is -3.49. The third-order valence-corrected chi connectivity index (χ3v) is 11.5. The molecule has 1 aliphatic carbocycles. The first-order chi connectivity index (χ1) is 25.9. The van der Waals surface area contributed by atoms with Gasteiger partial charge in [-0.3, -0.25) is 19.3 Å². The van der Waals surface area contributed by atoms with Crippen LogP contribution in [0.1, 0.15) is 139 Å². The molecule has 3 heterocycles. The van der Waals surface area contributed by atoms with E-state index in [4.69, 9.17) is 10.5 Å². The number of alkyl halides is 2. The summed E-state index contributed by atoms with van der Waals surface area (Å²) in [6, 6.07) is 8.26. The topological polar surface area (TPSA) is 157 Å². The lowest BCUT2D eigenvalue weighted by Gasteiger charge is -2.40.